The summed E-state index contributed by atoms with van der Waals surface area (Å²) in [5.74, 6) is 0. The quantitative estimate of drug-likeness (QED) is 0.248. The van der Waals surface area contributed by atoms with Crippen LogP contribution in [0.15, 0.2) is 0 Å². The average Bonchev–Trinajstić information content (AvgIpc) is 2.55. The fourth-order valence-corrected chi connectivity index (χ4v) is 1.11. The molecule has 136 valence electrons. The van der Waals surface area contributed by atoms with Gasteiger partial charge in [0, 0.05) is 0 Å². The highest BCUT2D eigenvalue weighted by Gasteiger charge is 2.08. The molecule has 0 fully saturated rings. The zero-order chi connectivity index (χ0) is 17.4. The number of hydrogen-bond donors (Lipinski definition) is 6. The van der Waals surface area contributed by atoms with Crippen LogP contribution in [-0.2, 0) is 9.47 Å². The van der Waals surface area contributed by atoms with Gasteiger partial charge in [0.15, 0.2) is 0 Å². The highest BCUT2D eigenvalue weighted by molar-refractivity contribution is 4.55. The Kier molecular flexibility index (Phi) is 18.5. The van der Waals surface area contributed by atoms with E-state index < -0.39 is 18.3 Å². The normalized spacial score (nSPS) is 16.4. The first-order valence-corrected chi connectivity index (χ1v) is 7.51. The molecule has 0 aliphatic heterocycles. The van der Waals surface area contributed by atoms with Crippen molar-refractivity contribution < 1.29 is 40.1 Å². The van der Waals surface area contributed by atoms with Gasteiger partial charge in [-0.15, -0.1) is 0 Å². The summed E-state index contributed by atoms with van der Waals surface area (Å²) in [6.07, 6.45) is -1.03. The van der Waals surface area contributed by atoms with Gasteiger partial charge >= 0.3 is 0 Å². The third kappa shape index (κ3) is 16.1. The van der Waals surface area contributed by atoms with Crippen molar-refractivity contribution in [3.05, 3.63) is 0 Å². The first-order valence-electron chi connectivity index (χ1n) is 7.51. The SMILES string of the molecule is CCC(CO)OCC(O)CO.CCC(O)COCC(O)CO. The third-order valence-corrected chi connectivity index (χ3v) is 2.70. The minimum Gasteiger partial charge on any atom is -0.394 e. The Labute approximate surface area is 131 Å². The van der Waals surface area contributed by atoms with Gasteiger partial charge in [-0.1, -0.05) is 13.8 Å². The van der Waals surface area contributed by atoms with Crippen molar-refractivity contribution >= 4 is 0 Å². The van der Waals surface area contributed by atoms with Gasteiger partial charge in [0.05, 0.1) is 51.8 Å². The van der Waals surface area contributed by atoms with E-state index in [9.17, 15) is 0 Å². The predicted molar refractivity (Wildman–Crippen MR) is 80.4 cm³/mol. The van der Waals surface area contributed by atoms with Gasteiger partial charge < -0.3 is 40.1 Å². The lowest BCUT2D eigenvalue weighted by atomic mass is 10.3. The number of aliphatic hydroxyl groups excluding tert-OH is 6. The number of ether oxygens (including phenoxy) is 2. The maximum Gasteiger partial charge on any atom is 0.100 e. The highest BCUT2D eigenvalue weighted by Crippen LogP contribution is 1.97. The molecule has 22 heavy (non-hydrogen) atoms. The van der Waals surface area contributed by atoms with E-state index in [0.29, 0.717) is 12.8 Å². The molecule has 0 saturated carbocycles. The molecule has 4 unspecified atom stereocenters. The lowest BCUT2D eigenvalue weighted by Gasteiger charge is -2.14. The Bertz CT molecular complexity index is 203. The summed E-state index contributed by atoms with van der Waals surface area (Å²) in [6, 6.07) is 0. The van der Waals surface area contributed by atoms with Gasteiger partial charge in [0.1, 0.15) is 12.2 Å². The number of hydrogen-bond acceptors (Lipinski definition) is 8. The molecule has 4 atom stereocenters. The smallest absolute Gasteiger partial charge is 0.100 e. The Morgan fingerprint density at radius 1 is 0.682 bits per heavy atom. The molecular weight excluding hydrogens is 296 g/mol. The van der Waals surface area contributed by atoms with Crippen molar-refractivity contribution in [1.29, 1.82) is 0 Å². The predicted octanol–water partition coefficient (Wildman–Crippen LogP) is -1.75. The van der Waals surface area contributed by atoms with Crippen LogP contribution in [0.25, 0.3) is 0 Å². The largest absolute Gasteiger partial charge is 0.394 e. The van der Waals surface area contributed by atoms with E-state index >= 15 is 0 Å². The summed E-state index contributed by atoms with van der Waals surface area (Å²) < 4.78 is 9.91. The summed E-state index contributed by atoms with van der Waals surface area (Å²) in [4.78, 5) is 0. The minimum atomic E-state index is -0.837. The Morgan fingerprint density at radius 3 is 1.59 bits per heavy atom. The Hall–Kier alpha value is -0.320. The van der Waals surface area contributed by atoms with Gasteiger partial charge in [-0.2, -0.15) is 0 Å². The highest BCUT2D eigenvalue weighted by atomic mass is 16.5. The summed E-state index contributed by atoms with van der Waals surface area (Å²) in [5, 5.41) is 52.0. The molecule has 0 spiro atoms. The van der Waals surface area contributed by atoms with Crippen LogP contribution in [0.5, 0.6) is 0 Å². The zero-order valence-corrected chi connectivity index (χ0v) is 13.5. The lowest BCUT2D eigenvalue weighted by Crippen LogP contribution is -2.25. The van der Waals surface area contributed by atoms with E-state index in [0.717, 1.165) is 0 Å². The molecule has 0 aliphatic rings. The lowest BCUT2D eigenvalue weighted by molar-refractivity contribution is -0.0467. The van der Waals surface area contributed by atoms with Crippen molar-refractivity contribution in [2.75, 3.05) is 39.6 Å². The molecule has 0 bridgehead atoms. The molecule has 0 radical (unpaired) electrons. The van der Waals surface area contributed by atoms with Crippen molar-refractivity contribution in [2.24, 2.45) is 0 Å². The van der Waals surface area contributed by atoms with E-state index in [1.54, 1.807) is 0 Å². The molecule has 0 aliphatic carbocycles. The molecule has 8 nitrogen and oxygen atoms in total. The third-order valence-electron chi connectivity index (χ3n) is 2.70. The minimum absolute atomic E-state index is 0.0470. The Balaban J connectivity index is 0. The maximum atomic E-state index is 8.97. The van der Waals surface area contributed by atoms with Gasteiger partial charge in [-0.3, -0.25) is 0 Å². The molecule has 0 heterocycles. The van der Waals surface area contributed by atoms with Crippen LogP contribution in [0.3, 0.4) is 0 Å². The molecule has 0 aromatic heterocycles. The summed E-state index contributed by atoms with van der Waals surface area (Å²) >= 11 is 0. The van der Waals surface area contributed by atoms with Gasteiger partial charge in [-0.05, 0) is 12.8 Å². The molecule has 8 heteroatoms. The fourth-order valence-electron chi connectivity index (χ4n) is 1.11. The van der Waals surface area contributed by atoms with Crippen molar-refractivity contribution in [1.82, 2.24) is 0 Å². The first kappa shape index (κ1) is 23.9. The fraction of sp³-hybridized carbons (Fsp3) is 1.00. The second kappa shape index (κ2) is 17.0. The summed E-state index contributed by atoms with van der Waals surface area (Å²) in [6.45, 7) is 3.44. The van der Waals surface area contributed by atoms with Gasteiger partial charge in [-0.25, -0.2) is 0 Å². The standard InChI is InChI=1S/2C7H16O4/c1-2-7(4-9)11-5-6(10)3-8;1-2-6(9)4-11-5-7(10)3-8/h2*6-10H,2-5H2,1H3. The summed E-state index contributed by atoms with van der Waals surface area (Å²) in [7, 11) is 0. The van der Waals surface area contributed by atoms with Crippen molar-refractivity contribution in [3.63, 3.8) is 0 Å². The van der Waals surface area contributed by atoms with E-state index in [1.165, 1.54) is 0 Å². The van der Waals surface area contributed by atoms with Crippen LogP contribution in [-0.4, -0.2) is 94.7 Å². The van der Waals surface area contributed by atoms with Crippen LogP contribution >= 0.6 is 0 Å². The second-order valence-corrected chi connectivity index (χ2v) is 4.82. The zero-order valence-electron chi connectivity index (χ0n) is 13.5. The van der Waals surface area contributed by atoms with Crippen LogP contribution in [0.1, 0.15) is 26.7 Å². The molecule has 0 aromatic carbocycles. The van der Waals surface area contributed by atoms with Crippen molar-refractivity contribution in [2.45, 2.75) is 51.1 Å². The van der Waals surface area contributed by atoms with E-state index in [4.69, 9.17) is 40.1 Å². The average molecular weight is 328 g/mol. The monoisotopic (exact) mass is 328 g/mol. The molecule has 0 saturated heterocycles. The molecule has 0 aromatic rings. The summed E-state index contributed by atoms with van der Waals surface area (Å²) in [5.41, 5.74) is 0. The second-order valence-electron chi connectivity index (χ2n) is 4.82. The molecule has 0 amide bonds. The van der Waals surface area contributed by atoms with E-state index in [-0.39, 0.29) is 45.7 Å². The topological polar surface area (TPSA) is 140 Å². The molecular formula is C14H32O8. The van der Waals surface area contributed by atoms with Crippen LogP contribution < -0.4 is 0 Å². The van der Waals surface area contributed by atoms with Gasteiger partial charge in [0.2, 0.25) is 0 Å². The number of rotatable bonds is 12. The van der Waals surface area contributed by atoms with Crippen LogP contribution in [0, 0.1) is 0 Å². The molecule has 6 N–H and O–H groups in total. The Morgan fingerprint density at radius 2 is 1.18 bits per heavy atom. The number of aliphatic hydroxyl groups is 6. The molecule has 0 rings (SSSR count). The van der Waals surface area contributed by atoms with Crippen LogP contribution in [0.2, 0.25) is 0 Å². The first-order chi connectivity index (χ1) is 10.4. The van der Waals surface area contributed by atoms with E-state index in [2.05, 4.69) is 0 Å². The maximum absolute atomic E-state index is 8.97. The van der Waals surface area contributed by atoms with E-state index in [1.807, 2.05) is 13.8 Å². The van der Waals surface area contributed by atoms with Crippen LogP contribution in [0.4, 0.5) is 0 Å². The van der Waals surface area contributed by atoms with Crippen molar-refractivity contribution in [3.8, 4) is 0 Å². The van der Waals surface area contributed by atoms with Gasteiger partial charge in [0.25, 0.3) is 0 Å².